The fourth-order valence-electron chi connectivity index (χ4n) is 1.46. The summed E-state index contributed by atoms with van der Waals surface area (Å²) in [6.07, 6.45) is 3.11. The molecular formula is C9H9BrFNO. The summed E-state index contributed by atoms with van der Waals surface area (Å²) in [5.41, 5.74) is 0.185. The maximum Gasteiger partial charge on any atom is 0.216 e. The average Bonchev–Trinajstić information content (AvgIpc) is 2.90. The van der Waals surface area contributed by atoms with Gasteiger partial charge in [0.15, 0.2) is 0 Å². The van der Waals surface area contributed by atoms with Crippen LogP contribution in [0.2, 0.25) is 0 Å². The Hall–Kier alpha value is -0.480. The van der Waals surface area contributed by atoms with Crippen molar-refractivity contribution in [1.82, 2.24) is 4.98 Å². The molecule has 1 N–H and O–H groups in total. The fourth-order valence-corrected chi connectivity index (χ4v) is 1.79. The number of aromatic nitrogens is 1. The smallest absolute Gasteiger partial charge is 0.216 e. The van der Waals surface area contributed by atoms with Crippen molar-refractivity contribution in [3.8, 4) is 0 Å². The van der Waals surface area contributed by atoms with Crippen LogP contribution in [0.25, 0.3) is 0 Å². The SMILES string of the molecule is OCC1(c2cc(Br)cnc2F)CC1. The first-order chi connectivity index (χ1) is 6.18. The lowest BCUT2D eigenvalue weighted by Crippen LogP contribution is -2.14. The highest BCUT2D eigenvalue weighted by molar-refractivity contribution is 9.10. The zero-order valence-electron chi connectivity index (χ0n) is 6.93. The number of hydrogen-bond donors (Lipinski definition) is 1. The molecule has 2 rings (SSSR count). The van der Waals surface area contributed by atoms with Gasteiger partial charge in [-0.15, -0.1) is 0 Å². The molecule has 13 heavy (non-hydrogen) atoms. The van der Waals surface area contributed by atoms with E-state index in [1.165, 1.54) is 6.20 Å². The largest absolute Gasteiger partial charge is 0.395 e. The topological polar surface area (TPSA) is 33.1 Å². The summed E-state index contributed by atoms with van der Waals surface area (Å²) in [5.74, 6) is -0.463. The van der Waals surface area contributed by atoms with Crippen LogP contribution in [0, 0.1) is 5.95 Å². The van der Waals surface area contributed by atoms with Crippen LogP contribution in [0.1, 0.15) is 18.4 Å². The maximum atomic E-state index is 13.2. The quantitative estimate of drug-likeness (QED) is 0.809. The standard InChI is InChI=1S/C9H9BrFNO/c10-6-3-7(8(11)12-4-6)9(5-13)1-2-9/h3-4,13H,1-2,5H2. The molecule has 0 amide bonds. The van der Waals surface area contributed by atoms with E-state index in [-0.39, 0.29) is 12.0 Å². The van der Waals surface area contributed by atoms with E-state index in [1.807, 2.05) is 0 Å². The van der Waals surface area contributed by atoms with E-state index < -0.39 is 5.95 Å². The molecule has 0 aromatic carbocycles. The molecule has 1 aliphatic rings. The van der Waals surface area contributed by atoms with Crippen LogP contribution in [0.3, 0.4) is 0 Å². The maximum absolute atomic E-state index is 13.2. The summed E-state index contributed by atoms with van der Waals surface area (Å²) in [6, 6.07) is 1.70. The lowest BCUT2D eigenvalue weighted by molar-refractivity contribution is 0.251. The van der Waals surface area contributed by atoms with Crippen molar-refractivity contribution >= 4 is 15.9 Å². The van der Waals surface area contributed by atoms with Gasteiger partial charge in [-0.25, -0.2) is 4.98 Å². The predicted molar refractivity (Wildman–Crippen MR) is 49.9 cm³/mol. The fraction of sp³-hybridized carbons (Fsp3) is 0.444. The molecule has 0 saturated heterocycles. The van der Waals surface area contributed by atoms with E-state index >= 15 is 0 Å². The van der Waals surface area contributed by atoms with Gasteiger partial charge in [0.05, 0.1) is 6.61 Å². The molecule has 0 radical (unpaired) electrons. The lowest BCUT2D eigenvalue weighted by Gasteiger charge is -2.12. The molecular weight excluding hydrogens is 237 g/mol. The minimum Gasteiger partial charge on any atom is -0.395 e. The first-order valence-electron chi connectivity index (χ1n) is 4.10. The second kappa shape index (κ2) is 3.03. The summed E-state index contributed by atoms with van der Waals surface area (Å²) in [5, 5.41) is 9.12. The van der Waals surface area contributed by atoms with Gasteiger partial charge in [0.25, 0.3) is 0 Å². The van der Waals surface area contributed by atoms with Crippen molar-refractivity contribution in [1.29, 1.82) is 0 Å². The Balaban J connectivity index is 2.44. The normalized spacial score (nSPS) is 18.7. The zero-order valence-corrected chi connectivity index (χ0v) is 8.51. The highest BCUT2D eigenvalue weighted by Gasteiger charge is 2.46. The van der Waals surface area contributed by atoms with Crippen molar-refractivity contribution in [3.63, 3.8) is 0 Å². The third-order valence-corrected chi connectivity index (χ3v) is 2.97. The van der Waals surface area contributed by atoms with Crippen LogP contribution >= 0.6 is 15.9 Å². The average molecular weight is 246 g/mol. The van der Waals surface area contributed by atoms with E-state index in [4.69, 9.17) is 5.11 Å². The number of aliphatic hydroxyl groups excluding tert-OH is 1. The van der Waals surface area contributed by atoms with E-state index in [9.17, 15) is 4.39 Å². The Kier molecular flexibility index (Phi) is 2.12. The zero-order chi connectivity index (χ0) is 9.47. The third-order valence-electron chi connectivity index (χ3n) is 2.53. The molecule has 1 aliphatic carbocycles. The molecule has 0 bridgehead atoms. The number of rotatable bonds is 2. The number of nitrogens with zero attached hydrogens (tertiary/aromatic N) is 1. The molecule has 1 saturated carbocycles. The highest BCUT2D eigenvalue weighted by Crippen LogP contribution is 2.48. The highest BCUT2D eigenvalue weighted by atomic mass is 79.9. The van der Waals surface area contributed by atoms with Crippen LogP contribution in [-0.2, 0) is 5.41 Å². The molecule has 0 unspecified atom stereocenters. The lowest BCUT2D eigenvalue weighted by atomic mass is 9.99. The summed E-state index contributed by atoms with van der Waals surface area (Å²) >= 11 is 3.23. The van der Waals surface area contributed by atoms with Crippen LogP contribution in [-0.4, -0.2) is 16.7 Å². The van der Waals surface area contributed by atoms with Gasteiger partial charge in [-0.05, 0) is 34.8 Å². The predicted octanol–water partition coefficient (Wildman–Crippen LogP) is 2.01. The second-order valence-electron chi connectivity index (χ2n) is 3.43. The van der Waals surface area contributed by atoms with Crippen molar-refractivity contribution in [3.05, 3.63) is 28.2 Å². The molecule has 0 aliphatic heterocycles. The molecule has 0 spiro atoms. The molecule has 70 valence electrons. The monoisotopic (exact) mass is 245 g/mol. The summed E-state index contributed by atoms with van der Waals surface area (Å²) in [4.78, 5) is 3.61. The molecule has 0 atom stereocenters. The minimum absolute atomic E-state index is 0.00204. The van der Waals surface area contributed by atoms with Gasteiger partial charge >= 0.3 is 0 Å². The Morgan fingerprint density at radius 2 is 2.31 bits per heavy atom. The molecule has 1 aromatic heterocycles. The van der Waals surface area contributed by atoms with Gasteiger partial charge in [-0.1, -0.05) is 0 Å². The van der Waals surface area contributed by atoms with Gasteiger partial charge in [0.1, 0.15) is 0 Å². The van der Waals surface area contributed by atoms with E-state index in [0.717, 1.165) is 17.3 Å². The Morgan fingerprint density at radius 3 is 2.85 bits per heavy atom. The van der Waals surface area contributed by atoms with Crippen LogP contribution in [0.5, 0.6) is 0 Å². The Bertz CT molecular complexity index is 338. The number of pyridine rings is 1. The van der Waals surface area contributed by atoms with Crippen LogP contribution < -0.4 is 0 Å². The number of aliphatic hydroxyl groups is 1. The molecule has 4 heteroatoms. The van der Waals surface area contributed by atoms with E-state index in [2.05, 4.69) is 20.9 Å². The van der Waals surface area contributed by atoms with Gasteiger partial charge in [0, 0.05) is 21.6 Å². The summed E-state index contributed by atoms with van der Waals surface area (Å²) in [7, 11) is 0. The van der Waals surface area contributed by atoms with Crippen molar-refractivity contribution < 1.29 is 9.50 Å². The number of hydrogen-bond acceptors (Lipinski definition) is 2. The van der Waals surface area contributed by atoms with Crippen molar-refractivity contribution in [2.75, 3.05) is 6.61 Å². The molecule has 2 nitrogen and oxygen atoms in total. The van der Waals surface area contributed by atoms with Gasteiger partial charge in [-0.3, -0.25) is 0 Å². The van der Waals surface area contributed by atoms with Gasteiger partial charge < -0.3 is 5.11 Å². The molecule has 1 aromatic rings. The Labute approximate surface area is 83.9 Å². The summed E-state index contributed by atoms with van der Waals surface area (Å²) < 4.78 is 14.0. The minimum atomic E-state index is -0.463. The van der Waals surface area contributed by atoms with Crippen molar-refractivity contribution in [2.24, 2.45) is 0 Å². The first-order valence-corrected chi connectivity index (χ1v) is 4.90. The van der Waals surface area contributed by atoms with Crippen molar-refractivity contribution in [2.45, 2.75) is 18.3 Å². The van der Waals surface area contributed by atoms with E-state index in [1.54, 1.807) is 6.07 Å². The third kappa shape index (κ3) is 1.48. The second-order valence-corrected chi connectivity index (χ2v) is 4.35. The summed E-state index contributed by atoms with van der Waals surface area (Å²) in [6.45, 7) is 0.00204. The Morgan fingerprint density at radius 1 is 1.62 bits per heavy atom. The van der Waals surface area contributed by atoms with E-state index in [0.29, 0.717) is 5.56 Å². The van der Waals surface area contributed by atoms with Gasteiger partial charge in [0.2, 0.25) is 5.95 Å². The van der Waals surface area contributed by atoms with Crippen LogP contribution in [0.4, 0.5) is 4.39 Å². The van der Waals surface area contributed by atoms with Crippen LogP contribution in [0.15, 0.2) is 16.7 Å². The first kappa shape index (κ1) is 9.09. The molecule has 1 fully saturated rings. The number of halogens is 2. The van der Waals surface area contributed by atoms with Gasteiger partial charge in [-0.2, -0.15) is 4.39 Å². The molecule has 1 heterocycles.